The van der Waals surface area contributed by atoms with E-state index in [-0.39, 0.29) is 11.6 Å². The quantitative estimate of drug-likeness (QED) is 0.128. The first kappa shape index (κ1) is 45.5. The van der Waals surface area contributed by atoms with Crippen molar-refractivity contribution >= 4 is 24.3 Å². The van der Waals surface area contributed by atoms with Crippen molar-refractivity contribution in [1.29, 1.82) is 0 Å². The zero-order chi connectivity index (χ0) is 47.7. The first-order valence-electron chi connectivity index (χ1n) is 21.8. The summed E-state index contributed by atoms with van der Waals surface area (Å²) in [6, 6.07) is 17.5. The van der Waals surface area contributed by atoms with Crippen molar-refractivity contribution in [2.75, 3.05) is 14.2 Å². The van der Waals surface area contributed by atoms with Gasteiger partial charge in [-0.2, -0.15) is 10.2 Å². The number of rotatable bonds is 10. The molecule has 0 spiro atoms. The second kappa shape index (κ2) is 18.5. The molecule has 0 fully saturated rings. The number of aryl methyl sites for hydroxylation is 4. The Morgan fingerprint density at radius 1 is 0.574 bits per heavy atom. The van der Waals surface area contributed by atoms with Gasteiger partial charge in [0, 0.05) is 48.7 Å². The summed E-state index contributed by atoms with van der Waals surface area (Å²) in [6.45, 7) is 4.90. The van der Waals surface area contributed by atoms with Crippen molar-refractivity contribution in [2.24, 2.45) is 0 Å². The summed E-state index contributed by atoms with van der Waals surface area (Å²) >= 11 is 0. The van der Waals surface area contributed by atoms with E-state index < -0.39 is 22.8 Å². The topological polar surface area (TPSA) is 156 Å². The van der Waals surface area contributed by atoms with Gasteiger partial charge < -0.3 is 28.8 Å². The smallest absolute Gasteiger partial charge is 0.174 e. The first-order chi connectivity index (χ1) is 32.7. The van der Waals surface area contributed by atoms with Crippen molar-refractivity contribution < 1.29 is 37.2 Å². The lowest BCUT2D eigenvalue weighted by molar-refractivity contribution is 0.0392. The lowest BCUT2D eigenvalue weighted by Crippen LogP contribution is -2.35. The fourth-order valence-corrected chi connectivity index (χ4v) is 8.51. The summed E-state index contributed by atoms with van der Waals surface area (Å²) in [4.78, 5) is 17.4. The molecule has 4 aromatic carbocycles. The summed E-state index contributed by atoms with van der Waals surface area (Å²) < 4.78 is 74.2. The third-order valence-electron chi connectivity index (χ3n) is 12.0. The fourth-order valence-electron chi connectivity index (χ4n) is 8.51. The summed E-state index contributed by atoms with van der Waals surface area (Å²) in [5, 5.41) is 31.7. The number of methoxy groups -OCH3 is 2. The van der Waals surface area contributed by atoms with Crippen LogP contribution < -0.4 is 9.47 Å². The van der Waals surface area contributed by atoms with Gasteiger partial charge in [0.1, 0.15) is 46.0 Å². The van der Waals surface area contributed by atoms with Gasteiger partial charge in [0.25, 0.3) is 0 Å². The van der Waals surface area contributed by atoms with Crippen LogP contribution in [0.25, 0.3) is 35.7 Å². The molecule has 2 aliphatic rings. The highest BCUT2D eigenvalue weighted by molar-refractivity contribution is 5.71. The van der Waals surface area contributed by atoms with Gasteiger partial charge in [-0.05, 0) is 111 Å². The highest BCUT2D eigenvalue weighted by Crippen LogP contribution is 2.39. The molecule has 0 saturated heterocycles. The Hall–Kier alpha value is -7.70. The summed E-state index contributed by atoms with van der Waals surface area (Å²) in [7, 11) is 3.05. The Balaban J connectivity index is 0.000000170. The molecule has 0 aliphatic carbocycles. The van der Waals surface area contributed by atoms with Gasteiger partial charge in [-0.1, -0.05) is 24.3 Å². The number of hydrogen-bond donors (Lipinski definition) is 2. The Morgan fingerprint density at radius 3 is 1.32 bits per heavy atom. The van der Waals surface area contributed by atoms with Crippen LogP contribution in [-0.2, 0) is 24.3 Å². The van der Waals surface area contributed by atoms with Gasteiger partial charge in [0.05, 0.1) is 49.6 Å². The Kier molecular flexibility index (Phi) is 12.4. The molecular weight excluding hydrogens is 881 g/mol. The van der Waals surface area contributed by atoms with E-state index in [1.54, 1.807) is 104 Å². The Morgan fingerprint density at radius 2 is 0.971 bits per heavy atom. The van der Waals surface area contributed by atoms with Crippen molar-refractivity contribution in [2.45, 2.75) is 63.8 Å². The largest absolute Gasteiger partial charge is 0.495 e. The van der Waals surface area contributed by atoms with Crippen molar-refractivity contribution in [3.63, 3.8) is 0 Å². The second-order valence-corrected chi connectivity index (χ2v) is 16.6. The number of halogens is 4. The van der Waals surface area contributed by atoms with Crippen LogP contribution in [0.15, 0.2) is 97.8 Å². The van der Waals surface area contributed by atoms with Crippen molar-refractivity contribution in [3.8, 4) is 22.9 Å². The summed E-state index contributed by atoms with van der Waals surface area (Å²) in [5.74, 6) is 0.788. The highest BCUT2D eigenvalue weighted by Gasteiger charge is 2.41. The molecule has 68 heavy (non-hydrogen) atoms. The summed E-state index contributed by atoms with van der Waals surface area (Å²) in [5.41, 5.74) is 1.67. The van der Waals surface area contributed by atoms with E-state index in [2.05, 4.69) is 30.1 Å². The van der Waals surface area contributed by atoms with Gasteiger partial charge in [0.2, 0.25) is 0 Å². The molecule has 4 aromatic heterocycles. The zero-order valence-corrected chi connectivity index (χ0v) is 37.5. The Labute approximate surface area is 388 Å². The van der Waals surface area contributed by atoms with E-state index in [1.807, 2.05) is 13.8 Å². The molecule has 6 heterocycles. The minimum atomic E-state index is -1.37. The molecular formula is C50H46F4N10O4. The number of imidazole rings is 2. The predicted octanol–water partition coefficient (Wildman–Crippen LogP) is 8.52. The predicted molar refractivity (Wildman–Crippen MR) is 245 cm³/mol. The molecule has 0 unspecified atom stereocenters. The molecule has 2 aliphatic heterocycles. The van der Waals surface area contributed by atoms with E-state index in [4.69, 9.17) is 9.47 Å². The van der Waals surface area contributed by atoms with Gasteiger partial charge in [-0.3, -0.25) is 0 Å². The zero-order valence-electron chi connectivity index (χ0n) is 37.5. The average molecular weight is 927 g/mol. The molecule has 0 bridgehead atoms. The molecule has 2 N–H and O–H groups in total. The number of aromatic nitrogens is 10. The van der Waals surface area contributed by atoms with E-state index in [9.17, 15) is 27.8 Å². The van der Waals surface area contributed by atoms with Crippen LogP contribution in [0.3, 0.4) is 0 Å². The fraction of sp³-hybridized carbons (Fsp3) is 0.240. The van der Waals surface area contributed by atoms with Crippen molar-refractivity contribution in [3.05, 3.63) is 178 Å². The molecule has 18 heteroatoms. The monoisotopic (exact) mass is 926 g/mol. The van der Waals surface area contributed by atoms with Crippen LogP contribution in [0.4, 0.5) is 17.6 Å². The van der Waals surface area contributed by atoms with Gasteiger partial charge in [-0.25, -0.2) is 46.9 Å². The summed E-state index contributed by atoms with van der Waals surface area (Å²) in [6.07, 6.45) is 15.4. The lowest BCUT2D eigenvalue weighted by Gasteiger charge is -2.31. The van der Waals surface area contributed by atoms with Crippen LogP contribution in [0.5, 0.6) is 11.5 Å². The molecule has 2 atom stereocenters. The van der Waals surface area contributed by atoms with Crippen LogP contribution in [0.2, 0.25) is 0 Å². The third-order valence-corrected chi connectivity index (χ3v) is 12.0. The minimum Gasteiger partial charge on any atom is -0.495 e. The van der Waals surface area contributed by atoms with Crippen LogP contribution in [-0.4, -0.2) is 73.1 Å². The van der Waals surface area contributed by atoms with E-state index >= 15 is 0 Å². The normalized spacial score (nSPS) is 17.8. The second-order valence-electron chi connectivity index (χ2n) is 16.6. The van der Waals surface area contributed by atoms with Crippen LogP contribution in [0, 0.1) is 37.1 Å². The molecule has 8 aromatic rings. The number of nitrogens with zero attached hydrogens (tertiary/aromatic N) is 10. The van der Waals surface area contributed by atoms with Crippen LogP contribution in [0.1, 0.15) is 82.6 Å². The van der Waals surface area contributed by atoms with E-state index in [1.165, 1.54) is 50.6 Å². The molecule has 0 radical (unpaired) electrons. The van der Waals surface area contributed by atoms with E-state index in [0.29, 0.717) is 107 Å². The van der Waals surface area contributed by atoms with Gasteiger partial charge >= 0.3 is 0 Å². The lowest BCUT2D eigenvalue weighted by atomic mass is 9.86. The maximum absolute atomic E-state index is 14.9. The van der Waals surface area contributed by atoms with Crippen molar-refractivity contribution in [1.82, 2.24) is 48.6 Å². The number of hydrogen-bond acceptors (Lipinski definition) is 10. The molecule has 0 saturated carbocycles. The van der Waals surface area contributed by atoms with Gasteiger partial charge in [-0.15, -0.1) is 0 Å². The number of benzene rings is 4. The molecule has 0 amide bonds. The first-order valence-corrected chi connectivity index (χ1v) is 21.8. The van der Waals surface area contributed by atoms with E-state index in [0.717, 1.165) is 11.4 Å². The van der Waals surface area contributed by atoms with Crippen LogP contribution >= 0.6 is 0 Å². The maximum Gasteiger partial charge on any atom is 0.174 e. The van der Waals surface area contributed by atoms with Gasteiger partial charge in [0.15, 0.2) is 23.3 Å². The Bertz CT molecular complexity index is 2960. The highest BCUT2D eigenvalue weighted by atomic mass is 19.1. The number of ether oxygens (including phenoxy) is 2. The maximum atomic E-state index is 14.9. The molecule has 14 nitrogen and oxygen atoms in total. The molecule has 348 valence electrons. The number of fused-ring (bicyclic) bond motifs is 2. The molecule has 10 rings (SSSR count). The third kappa shape index (κ3) is 8.94. The average Bonchev–Trinajstić information content (AvgIpc) is 4.16. The number of aliphatic hydroxyl groups is 2. The minimum absolute atomic E-state index is 0.305. The SMILES string of the molecule is COc1cc(/C=C/c2nc3n(n2)CCC[C@@]3(O)c2ccc(F)cc2)c(F)cc1-n1cnc(C)c1.COc1cc(/C=C/c2nc3n(n2)CCC[C@]3(O)c2ccc(F)cc2)c(F)cc1-n1cnc(C)c1. The standard InChI is InChI=1S/2C25H23F2N5O2/c2*1-16-14-31(15-28-16)21-13-20(27)17(12-22(21)34-2)4-9-23-29-24-25(33,10-3-11-32(24)30-23)18-5-7-19(26)8-6-18/h2*4-9,12-15,33H,3,10-11H2,1-2H3/b2*9-4+/t2*25-/m10/s1.